The molecule has 2 fully saturated rings. The van der Waals surface area contributed by atoms with Crippen molar-refractivity contribution in [3.8, 4) is 10.8 Å². The normalized spacial score (nSPS) is 20.7. The van der Waals surface area contributed by atoms with Crippen LogP contribution in [-0.2, 0) is 19.3 Å². The Labute approximate surface area is 362 Å². The van der Waals surface area contributed by atoms with Gasteiger partial charge in [0.2, 0.25) is 0 Å². The maximum atomic E-state index is 10.3. The zero-order valence-corrected chi connectivity index (χ0v) is 36.0. The number of phenols is 1. The van der Waals surface area contributed by atoms with Gasteiger partial charge in [-0.15, -0.1) is 21.5 Å². The van der Waals surface area contributed by atoms with Crippen LogP contribution in [0.25, 0.3) is 5.00 Å². The number of nitrogens with zero attached hydrogens (tertiary/aromatic N) is 6. The van der Waals surface area contributed by atoms with Gasteiger partial charge in [0.05, 0.1) is 18.3 Å². The fourth-order valence-corrected chi connectivity index (χ4v) is 12.5. The standard InChI is InChI=1S/C52H52N6O2S/c1-32-33(2)61-51-47(32)49(54-45(29-46-53-23-26-60-46)50-56-55-34(3)58(50)51)39-11-9-35(10-12-39)27-36-30-52(31-36)21-24-57(25-22-52)41-16-13-38(14-17-41)48-43(37-7-5-4-6-8-37)19-15-40-28-42(59)18-20-44(40)48/h4-14,16-18,20,23,26,28,36,43,45,48,59H,15,19,21-22,24-25,27,29-31H2,1-3H3/t43?,45-,48?/m0/s1. The van der Waals surface area contributed by atoms with Crippen molar-refractivity contribution in [3.63, 3.8) is 0 Å². The lowest BCUT2D eigenvalue weighted by Crippen LogP contribution is -2.47. The third kappa shape index (κ3) is 6.91. The molecule has 9 heteroatoms. The third-order valence-corrected chi connectivity index (χ3v) is 15.7. The summed E-state index contributed by atoms with van der Waals surface area (Å²) in [5, 5.41) is 20.5. The summed E-state index contributed by atoms with van der Waals surface area (Å²) in [5.41, 5.74) is 13.2. The minimum absolute atomic E-state index is 0.268. The van der Waals surface area contributed by atoms with Crippen LogP contribution in [0.15, 0.2) is 119 Å². The molecule has 1 spiro atoms. The Kier molecular flexibility index (Phi) is 9.55. The molecule has 0 bridgehead atoms. The summed E-state index contributed by atoms with van der Waals surface area (Å²) >= 11 is 1.79. The Morgan fingerprint density at radius 3 is 2.39 bits per heavy atom. The molecule has 4 aromatic carbocycles. The van der Waals surface area contributed by atoms with E-state index in [0.29, 0.717) is 29.4 Å². The molecular weight excluding hydrogens is 773 g/mol. The SMILES string of the molecule is Cc1sc2c(c1C)C(c1ccc(CC3CC4(CCN(c5ccc(C6c7ccc(O)cc7CCC6c6ccccc6)cc5)CC4)C3)cc1)=N[C@@H](Cc1ncco1)c1nnc(C)n1-2. The van der Waals surface area contributed by atoms with Gasteiger partial charge in [0.1, 0.15) is 28.9 Å². The van der Waals surface area contributed by atoms with Crippen LogP contribution in [0, 0.1) is 32.1 Å². The highest BCUT2D eigenvalue weighted by Gasteiger charge is 2.45. The Balaban J connectivity index is 0.752. The molecule has 2 aliphatic carbocycles. The lowest BCUT2D eigenvalue weighted by molar-refractivity contribution is 0.0283. The molecule has 8 nitrogen and oxygen atoms in total. The third-order valence-electron chi connectivity index (χ3n) is 14.5. The Morgan fingerprint density at radius 1 is 0.852 bits per heavy atom. The quantitative estimate of drug-likeness (QED) is 0.164. The molecule has 1 N–H and O–H groups in total. The second-order valence-corrected chi connectivity index (χ2v) is 19.4. The first-order chi connectivity index (χ1) is 29.8. The summed E-state index contributed by atoms with van der Waals surface area (Å²) in [6.45, 7) is 8.67. The van der Waals surface area contributed by atoms with E-state index in [1.165, 1.54) is 75.2 Å². The van der Waals surface area contributed by atoms with Crippen LogP contribution in [0.5, 0.6) is 5.75 Å². The van der Waals surface area contributed by atoms with Crippen molar-refractivity contribution in [1.29, 1.82) is 0 Å². The van der Waals surface area contributed by atoms with Crippen molar-refractivity contribution < 1.29 is 9.52 Å². The van der Waals surface area contributed by atoms with Crippen molar-refractivity contribution in [1.82, 2.24) is 19.7 Å². The molecule has 1 saturated carbocycles. The number of hydrogen-bond donors (Lipinski definition) is 1. The number of aryl methyl sites for hydroxylation is 3. The van der Waals surface area contributed by atoms with Gasteiger partial charge in [-0.3, -0.25) is 9.56 Å². The maximum Gasteiger partial charge on any atom is 0.196 e. The van der Waals surface area contributed by atoms with E-state index in [4.69, 9.17) is 9.41 Å². The molecule has 5 heterocycles. The van der Waals surface area contributed by atoms with E-state index in [1.807, 2.05) is 19.1 Å². The number of thiophene rings is 1. The molecule has 4 aliphatic rings. The first kappa shape index (κ1) is 38.1. The summed E-state index contributed by atoms with van der Waals surface area (Å²) < 4.78 is 7.88. The number of aromatic nitrogens is 4. The molecule has 61 heavy (non-hydrogen) atoms. The number of rotatable bonds is 8. The number of oxazole rings is 1. The molecule has 7 aromatic rings. The zero-order valence-electron chi connectivity index (χ0n) is 35.2. The van der Waals surface area contributed by atoms with E-state index in [2.05, 4.69) is 123 Å². The smallest absolute Gasteiger partial charge is 0.196 e. The number of benzene rings is 4. The van der Waals surface area contributed by atoms with Gasteiger partial charge in [-0.25, -0.2) is 4.98 Å². The van der Waals surface area contributed by atoms with E-state index < -0.39 is 0 Å². The first-order valence-electron chi connectivity index (χ1n) is 22.1. The maximum absolute atomic E-state index is 10.3. The van der Waals surface area contributed by atoms with Crippen LogP contribution in [0.2, 0.25) is 0 Å². The average molecular weight is 825 g/mol. The number of fused-ring (bicyclic) bond motifs is 4. The van der Waals surface area contributed by atoms with Crippen molar-refractivity contribution >= 4 is 22.7 Å². The van der Waals surface area contributed by atoms with Crippen molar-refractivity contribution in [2.24, 2.45) is 16.3 Å². The predicted octanol–water partition coefficient (Wildman–Crippen LogP) is 11.2. The topological polar surface area (TPSA) is 92.6 Å². The van der Waals surface area contributed by atoms with Gasteiger partial charge in [0, 0.05) is 40.7 Å². The van der Waals surface area contributed by atoms with Crippen LogP contribution >= 0.6 is 11.3 Å². The number of aliphatic imine (C=N–C) groups is 1. The number of anilines is 1. The van der Waals surface area contributed by atoms with E-state index in [9.17, 15) is 5.11 Å². The fraction of sp³-hybridized carbons (Fsp3) is 0.346. The van der Waals surface area contributed by atoms with Gasteiger partial charge in [0.25, 0.3) is 0 Å². The largest absolute Gasteiger partial charge is 0.508 e. The number of phenolic OH excluding ortho intramolecular Hbond substituents is 1. The second-order valence-electron chi connectivity index (χ2n) is 18.2. The lowest BCUT2D eigenvalue weighted by atomic mass is 9.56. The molecular formula is C52H52N6O2S. The van der Waals surface area contributed by atoms with Gasteiger partial charge in [-0.1, -0.05) is 72.8 Å². The summed E-state index contributed by atoms with van der Waals surface area (Å²) in [7, 11) is 0. The number of aromatic hydroxyl groups is 1. The van der Waals surface area contributed by atoms with Crippen LogP contribution < -0.4 is 4.90 Å². The van der Waals surface area contributed by atoms with E-state index >= 15 is 0 Å². The molecule has 0 radical (unpaired) electrons. The molecule has 3 aromatic heterocycles. The summed E-state index contributed by atoms with van der Waals surface area (Å²) in [4.78, 5) is 13.8. The van der Waals surface area contributed by atoms with Gasteiger partial charge < -0.3 is 14.4 Å². The molecule has 308 valence electrons. The second kappa shape index (κ2) is 15.3. The summed E-state index contributed by atoms with van der Waals surface area (Å²) in [6, 6.07) is 35.4. The molecule has 1 saturated heterocycles. The Morgan fingerprint density at radius 2 is 1.64 bits per heavy atom. The molecule has 11 rings (SSSR count). The predicted molar refractivity (Wildman–Crippen MR) is 243 cm³/mol. The molecule has 2 unspecified atom stereocenters. The van der Waals surface area contributed by atoms with Crippen molar-refractivity contribution in [3.05, 3.63) is 176 Å². The van der Waals surface area contributed by atoms with Gasteiger partial charge in [-0.2, -0.15) is 0 Å². The van der Waals surface area contributed by atoms with Crippen LogP contribution in [0.1, 0.15) is 117 Å². The minimum atomic E-state index is -0.268. The molecule has 0 amide bonds. The average Bonchev–Trinajstić information content (AvgIpc) is 3.99. The Bertz CT molecular complexity index is 2720. The molecule has 2 aliphatic heterocycles. The summed E-state index contributed by atoms with van der Waals surface area (Å²) in [6.07, 6.45) is 12.2. The van der Waals surface area contributed by atoms with Crippen molar-refractivity contribution in [2.45, 2.75) is 90.0 Å². The number of piperidine rings is 1. The first-order valence-corrected chi connectivity index (χ1v) is 22.9. The van der Waals surface area contributed by atoms with Crippen LogP contribution in [0.3, 0.4) is 0 Å². The fourth-order valence-electron chi connectivity index (χ4n) is 11.3. The van der Waals surface area contributed by atoms with E-state index in [0.717, 1.165) is 66.2 Å². The van der Waals surface area contributed by atoms with Gasteiger partial charge in [-0.05, 0) is 141 Å². The van der Waals surface area contributed by atoms with E-state index in [-0.39, 0.29) is 12.0 Å². The lowest BCUT2D eigenvalue weighted by Gasteiger charge is -2.53. The Hall–Kier alpha value is -5.80. The van der Waals surface area contributed by atoms with Gasteiger partial charge in [0.15, 0.2) is 11.7 Å². The highest BCUT2D eigenvalue weighted by molar-refractivity contribution is 7.15. The van der Waals surface area contributed by atoms with E-state index in [1.54, 1.807) is 23.8 Å². The molecule has 3 atom stereocenters. The van der Waals surface area contributed by atoms with Crippen LogP contribution in [-0.4, -0.2) is 43.7 Å². The highest BCUT2D eigenvalue weighted by Crippen LogP contribution is 2.54. The van der Waals surface area contributed by atoms with Gasteiger partial charge >= 0.3 is 0 Å². The monoisotopic (exact) mass is 824 g/mol. The highest BCUT2D eigenvalue weighted by atomic mass is 32.1. The zero-order chi connectivity index (χ0) is 41.2. The summed E-state index contributed by atoms with van der Waals surface area (Å²) in [5.74, 6) is 4.13. The minimum Gasteiger partial charge on any atom is -0.508 e. The number of hydrogen-bond acceptors (Lipinski definition) is 8. The van der Waals surface area contributed by atoms with Crippen molar-refractivity contribution in [2.75, 3.05) is 18.0 Å². The van der Waals surface area contributed by atoms with Crippen LogP contribution in [0.4, 0.5) is 5.69 Å².